The Morgan fingerprint density at radius 3 is 1.67 bits per heavy atom. The van der Waals surface area contributed by atoms with Crippen molar-refractivity contribution in [2.45, 2.75) is 39.5 Å². The Morgan fingerprint density at radius 2 is 1.26 bits per heavy atom. The largest absolute Gasteiger partial charge is 0.337 e. The van der Waals surface area contributed by atoms with Gasteiger partial charge < -0.3 is 20.3 Å². The minimum atomic E-state index is -10.7. The van der Waals surface area contributed by atoms with E-state index in [-0.39, 0.29) is 33.6 Å². The predicted octanol–water partition coefficient (Wildman–Crippen LogP) is 10.2. The van der Waals surface area contributed by atoms with Crippen molar-refractivity contribution < 1.29 is 67.5 Å². The number of nitrogens with one attached hydrogen (secondary N) is 1. The molecule has 4 N–H and O–H groups in total. The van der Waals surface area contributed by atoms with Gasteiger partial charge in [0.25, 0.3) is 0 Å². The van der Waals surface area contributed by atoms with Crippen LogP contribution >= 0.6 is 31.0 Å². The van der Waals surface area contributed by atoms with E-state index in [2.05, 4.69) is 36.3 Å². The molecule has 390 valence electrons. The first kappa shape index (κ1) is 57.9. The quantitative estimate of drug-likeness (QED) is 0.0212. The third-order valence-corrected chi connectivity index (χ3v) is 10.6. The molecule has 0 radical (unpaired) electrons. The van der Waals surface area contributed by atoms with Crippen molar-refractivity contribution in [2.75, 3.05) is 28.2 Å². The van der Waals surface area contributed by atoms with Crippen LogP contribution in [0.15, 0.2) is 79.0 Å². The first-order valence-corrected chi connectivity index (χ1v) is 23.3. The maximum Gasteiger partial charge on any atom is 0.173 e. The Hall–Kier alpha value is -7.67. The summed E-state index contributed by atoms with van der Waals surface area (Å²) >= 11 is 11.8. The van der Waals surface area contributed by atoms with Crippen molar-refractivity contribution in [2.24, 2.45) is 16.6 Å². The standard InChI is InChI=1S/C17H13ClFN3O2.C16H13ClFNO3.C10H15N6O.CH2N2.F6P/c1-17(2,16(23)21-8-20)13-9-4-3-5-11(19)14(9)24-15-10(13)6-7-12(18)22-15;1-16(2,15(20)21)12-8-4-3-5-10(18)13(8)22-14-9(12)6-7-11(17)19-14;1-14(2)10(15(3)4)17-16-9-8(12-13-16)6-5-7-11-9;2-1-3;1-7(2,3,4,5)6/h3-7,13H,1-2H3,(H,21,23);3-7,12H,1-2H3,(H,20,21);5-7H,1-4H3;2H2;/q;;+1;;-1/t13-;12-;;;/m00.../s1. The van der Waals surface area contributed by atoms with E-state index in [0.29, 0.717) is 39.4 Å². The van der Waals surface area contributed by atoms with E-state index in [0.717, 1.165) is 0 Å². The molecule has 6 aromatic rings. The van der Waals surface area contributed by atoms with Crippen molar-refractivity contribution >= 4 is 60.1 Å². The Labute approximate surface area is 420 Å². The summed E-state index contributed by atoms with van der Waals surface area (Å²) in [5.74, 6) is -3.41. The Morgan fingerprint density at radius 1 is 0.808 bits per heavy atom. The molecule has 18 nitrogen and oxygen atoms in total. The van der Waals surface area contributed by atoms with Crippen LogP contribution in [0.2, 0.25) is 10.3 Å². The number of amidine groups is 1. The molecule has 0 spiro atoms. The topological polar surface area (TPSA) is 243 Å². The van der Waals surface area contributed by atoms with Gasteiger partial charge in [-0.05, 0) is 72.4 Å². The smallest absolute Gasteiger partial charge is 0.173 e. The molecule has 8 rings (SSSR count). The number of hydrogen-bond acceptors (Lipinski definition) is 13. The molecule has 6 heterocycles. The van der Waals surface area contributed by atoms with E-state index in [1.165, 1.54) is 29.2 Å². The fourth-order valence-corrected chi connectivity index (χ4v) is 7.46. The number of hydrogen-bond donors (Lipinski definition) is 3. The Bertz CT molecular complexity index is 3160. The van der Waals surface area contributed by atoms with Crippen molar-refractivity contribution in [3.8, 4) is 35.6 Å². The van der Waals surface area contributed by atoms with E-state index >= 15 is 0 Å². The molecule has 29 heteroatoms. The number of carbonyl (C=O) groups excluding carboxylic acids is 1. The molecule has 0 unspecified atom stereocenters. The van der Waals surface area contributed by atoms with Gasteiger partial charge in [0.2, 0.25) is 23.3 Å². The number of nitrogens with two attached hydrogens (primary N) is 1. The van der Waals surface area contributed by atoms with Gasteiger partial charge in [-0.2, -0.15) is 10.5 Å². The number of carboxylic acid groups (broad SMARTS) is 1. The van der Waals surface area contributed by atoms with Gasteiger partial charge in [-0.1, -0.05) is 61.3 Å². The molecule has 2 aliphatic rings. The number of rotatable bonds is 5. The third-order valence-electron chi connectivity index (χ3n) is 10.2. The summed E-state index contributed by atoms with van der Waals surface area (Å²) in [6.07, 6.45) is 4.57. The number of aromatic nitrogens is 6. The molecule has 2 aromatic carbocycles. The van der Waals surface area contributed by atoms with Gasteiger partial charge in [0.1, 0.15) is 15.8 Å². The van der Waals surface area contributed by atoms with Crippen LogP contribution in [-0.2, 0) is 9.59 Å². The molecule has 1 amide bonds. The average molecular weight is 1090 g/mol. The number of carboxylic acids is 1. The van der Waals surface area contributed by atoms with Crippen LogP contribution in [0.1, 0.15) is 61.8 Å². The first-order valence-electron chi connectivity index (χ1n) is 20.5. The minimum Gasteiger partial charge on any atom is -0.337 e. The second kappa shape index (κ2) is 21.6. The molecule has 73 heavy (non-hydrogen) atoms. The number of fused-ring (bicyclic) bond motifs is 5. The van der Waals surface area contributed by atoms with Gasteiger partial charge in [-0.25, -0.2) is 33.2 Å². The second-order valence-corrected chi connectivity index (χ2v) is 19.5. The van der Waals surface area contributed by atoms with Gasteiger partial charge in [0.15, 0.2) is 35.5 Å². The van der Waals surface area contributed by atoms with Crippen LogP contribution in [0.5, 0.6) is 23.3 Å². The molecule has 0 fully saturated rings. The van der Waals surface area contributed by atoms with E-state index < -0.39 is 54.0 Å². The van der Waals surface area contributed by atoms with Crippen LogP contribution in [0.4, 0.5) is 34.0 Å². The summed E-state index contributed by atoms with van der Waals surface area (Å²) in [5.41, 5.74) is 5.42. The number of benzene rings is 2. The molecular weight excluding hydrogens is 1050 g/mol. The maximum absolute atomic E-state index is 14.2. The number of nitriles is 2. The van der Waals surface area contributed by atoms with Gasteiger partial charge in [0, 0.05) is 40.3 Å². The number of halogens is 10. The van der Waals surface area contributed by atoms with Crippen molar-refractivity contribution in [1.82, 2.24) is 40.3 Å². The number of nitrogens with zero attached hydrogens (tertiary/aromatic N) is 10. The van der Waals surface area contributed by atoms with Gasteiger partial charge in [0.05, 0.1) is 39.0 Å². The van der Waals surface area contributed by atoms with Crippen LogP contribution in [-0.4, -0.2) is 90.8 Å². The number of para-hydroxylation sites is 2. The molecule has 0 saturated carbocycles. The number of amides is 1. The van der Waals surface area contributed by atoms with Crippen LogP contribution in [0.3, 0.4) is 0 Å². The van der Waals surface area contributed by atoms with E-state index in [4.69, 9.17) is 48.0 Å². The average Bonchev–Trinajstić information content (AvgIpc) is 3.69. The monoisotopic (exact) mass is 1090 g/mol. The van der Waals surface area contributed by atoms with E-state index in [1.54, 1.807) is 82.5 Å². The second-order valence-electron chi connectivity index (χ2n) is 16.8. The van der Waals surface area contributed by atoms with E-state index in [1.807, 2.05) is 49.8 Å². The maximum atomic E-state index is 14.2. The normalized spacial score (nSPS) is 14.8. The summed E-state index contributed by atoms with van der Waals surface area (Å²) in [6.45, 7) is 6.56. The zero-order valence-corrected chi connectivity index (χ0v) is 41.8. The van der Waals surface area contributed by atoms with Crippen molar-refractivity contribution in [3.05, 3.63) is 123 Å². The van der Waals surface area contributed by atoms with Gasteiger partial charge in [-0.15, -0.1) is 5.10 Å². The summed E-state index contributed by atoms with van der Waals surface area (Å²) in [6, 6.07) is 19.8. The fraction of sp³-hybridized carbons (Fsp3) is 0.273. The summed E-state index contributed by atoms with van der Waals surface area (Å²) in [7, 11) is -3.09. The number of pyridine rings is 3. The molecule has 4 aromatic heterocycles. The molecular formula is C44H43Cl2F8N12O6P. The van der Waals surface area contributed by atoms with Crippen LogP contribution < -0.4 is 25.4 Å². The summed E-state index contributed by atoms with van der Waals surface area (Å²) in [5, 5.41) is 35.9. The SMILES string of the molecule is CC(C)(C(=O)NC#N)[C@@H]1c2ccc(Cl)nc2Oc2c(F)cccc21.CC(C)(C(=O)O)[C@@H]1c2ccc(Cl)nc2Oc2c(F)cccc21.CN(C)C(On1nnc2cccnc21)=[N+](C)C.F[P-](F)(F)(F)(F)F.N#CN. The molecule has 2 atom stereocenters. The summed E-state index contributed by atoms with van der Waals surface area (Å²) < 4.78 is 100. The Kier molecular flexibility index (Phi) is 17.1. The molecule has 0 aliphatic carbocycles. The number of carbonyl (C=O) groups is 2. The van der Waals surface area contributed by atoms with Gasteiger partial charge >= 0.3 is 45.0 Å². The molecule has 2 aliphatic heterocycles. The van der Waals surface area contributed by atoms with Crippen molar-refractivity contribution in [1.29, 1.82) is 10.5 Å². The molecule has 0 bridgehead atoms. The minimum absolute atomic E-state index is 0.00379. The summed E-state index contributed by atoms with van der Waals surface area (Å²) in [4.78, 5) is 45.3. The van der Waals surface area contributed by atoms with E-state index in [9.17, 15) is 48.7 Å². The van der Waals surface area contributed by atoms with Crippen LogP contribution in [0.25, 0.3) is 11.2 Å². The third kappa shape index (κ3) is 14.9. The molecule has 0 saturated heterocycles. The zero-order chi connectivity index (χ0) is 55.1. The van der Waals surface area contributed by atoms with Gasteiger partial charge in [-0.3, -0.25) is 19.7 Å². The zero-order valence-electron chi connectivity index (χ0n) is 39.4. The van der Waals surface area contributed by atoms with Crippen LogP contribution in [0, 0.1) is 45.4 Å². The first-order chi connectivity index (χ1) is 33.6. The Balaban J connectivity index is 0.000000219. The number of ether oxygens (including phenoxy) is 2. The fourth-order valence-electron chi connectivity index (χ4n) is 7.18. The van der Waals surface area contributed by atoms with Crippen molar-refractivity contribution in [3.63, 3.8) is 0 Å². The predicted molar refractivity (Wildman–Crippen MR) is 250 cm³/mol. The number of aliphatic carboxylic acids is 1.